The van der Waals surface area contributed by atoms with E-state index in [-0.39, 0.29) is 11.7 Å². The van der Waals surface area contributed by atoms with Gasteiger partial charge in [0.1, 0.15) is 11.6 Å². The number of methoxy groups -OCH3 is 1. The zero-order valence-corrected chi connectivity index (χ0v) is 15.4. The summed E-state index contributed by atoms with van der Waals surface area (Å²) in [6.07, 6.45) is 6.40. The van der Waals surface area contributed by atoms with Gasteiger partial charge in [-0.2, -0.15) is 0 Å². The fourth-order valence-corrected chi connectivity index (χ4v) is 2.80. The Balaban J connectivity index is 2.29. The van der Waals surface area contributed by atoms with Crippen molar-refractivity contribution in [2.24, 2.45) is 0 Å². The molecule has 0 spiro atoms. The lowest BCUT2D eigenvalue weighted by Crippen LogP contribution is -2.02. The van der Waals surface area contributed by atoms with E-state index in [1.807, 2.05) is 30.5 Å². The number of rotatable bonds is 5. The second-order valence-electron chi connectivity index (χ2n) is 6.28. The summed E-state index contributed by atoms with van der Waals surface area (Å²) in [5.41, 5.74) is 3.09. The highest BCUT2D eigenvalue weighted by atomic mass is 19.1. The van der Waals surface area contributed by atoms with E-state index in [2.05, 4.69) is 4.98 Å². The second kappa shape index (κ2) is 7.95. The van der Waals surface area contributed by atoms with Crippen molar-refractivity contribution in [2.45, 2.75) is 19.8 Å². The van der Waals surface area contributed by atoms with Crippen LogP contribution in [0.3, 0.4) is 0 Å². The molecule has 1 aromatic carbocycles. The lowest BCUT2D eigenvalue weighted by Gasteiger charge is -2.10. The van der Waals surface area contributed by atoms with Gasteiger partial charge in [-0.05, 0) is 36.4 Å². The number of hydrogen-bond donors (Lipinski definition) is 0. The highest BCUT2D eigenvalue weighted by Gasteiger charge is 2.21. The van der Waals surface area contributed by atoms with E-state index >= 15 is 0 Å². The van der Waals surface area contributed by atoms with Crippen LogP contribution in [-0.2, 0) is 9.53 Å². The highest BCUT2D eigenvalue weighted by Crippen LogP contribution is 2.35. The molecule has 0 aliphatic carbocycles. The normalized spacial score (nSPS) is 11.3. The maximum Gasteiger partial charge on any atom is 0.331 e. The number of ether oxygens (including phenoxy) is 1. The number of aromatic nitrogens is 3. The molecule has 0 aliphatic rings. The summed E-state index contributed by atoms with van der Waals surface area (Å²) >= 11 is 0. The van der Waals surface area contributed by atoms with E-state index < -0.39 is 5.97 Å². The Morgan fingerprint density at radius 1 is 1.19 bits per heavy atom. The molecule has 0 fully saturated rings. The fraction of sp³-hybridized carbons (Fsp3) is 0.190. The average Bonchev–Trinajstić information content (AvgIpc) is 3.07. The molecule has 0 amide bonds. The molecule has 3 rings (SSSR count). The van der Waals surface area contributed by atoms with Crippen LogP contribution in [0.15, 0.2) is 54.9 Å². The van der Waals surface area contributed by atoms with Gasteiger partial charge in [0.05, 0.1) is 18.5 Å². The molecule has 5 nitrogen and oxygen atoms in total. The molecule has 0 N–H and O–H groups in total. The minimum absolute atomic E-state index is 0.0944. The minimum atomic E-state index is -0.466. The van der Waals surface area contributed by atoms with Crippen LogP contribution in [0.1, 0.15) is 25.6 Å². The van der Waals surface area contributed by atoms with Crippen molar-refractivity contribution in [1.82, 2.24) is 14.5 Å². The molecule has 0 bridgehead atoms. The van der Waals surface area contributed by atoms with Gasteiger partial charge in [0.2, 0.25) is 0 Å². The third kappa shape index (κ3) is 3.95. The van der Waals surface area contributed by atoms with Crippen LogP contribution >= 0.6 is 0 Å². The SMILES string of the molecule is COC(=O)/C=C/n1c(C(C)C)nc(-c2cccnc2)c1-c1ccc(F)cc1. The number of pyridine rings is 1. The molecule has 0 unspecified atom stereocenters. The molecule has 3 aromatic rings. The smallest absolute Gasteiger partial charge is 0.331 e. The molecular weight excluding hydrogens is 345 g/mol. The predicted molar refractivity (Wildman–Crippen MR) is 102 cm³/mol. The van der Waals surface area contributed by atoms with E-state index in [4.69, 9.17) is 9.72 Å². The quantitative estimate of drug-likeness (QED) is 0.493. The lowest BCUT2D eigenvalue weighted by molar-refractivity contribution is -0.134. The third-order valence-corrected chi connectivity index (χ3v) is 4.07. The van der Waals surface area contributed by atoms with Crippen LogP contribution in [-0.4, -0.2) is 27.6 Å². The molecule has 2 heterocycles. The summed E-state index contributed by atoms with van der Waals surface area (Å²) in [5.74, 6) is 0.0820. The molecule has 138 valence electrons. The summed E-state index contributed by atoms with van der Waals surface area (Å²) in [6, 6.07) is 9.94. The maximum atomic E-state index is 13.5. The Morgan fingerprint density at radius 3 is 2.52 bits per heavy atom. The predicted octanol–water partition coefficient (Wildman–Crippen LogP) is 4.52. The number of nitrogens with zero attached hydrogens (tertiary/aromatic N) is 3. The average molecular weight is 365 g/mol. The van der Waals surface area contributed by atoms with Crippen LogP contribution in [0.25, 0.3) is 28.7 Å². The first-order valence-electron chi connectivity index (χ1n) is 8.56. The molecule has 2 aromatic heterocycles. The molecule has 0 atom stereocenters. The number of hydrogen-bond acceptors (Lipinski definition) is 4. The standard InChI is InChI=1S/C21H20FN3O2/c1-14(2)21-24-19(16-5-4-11-23-13-16)20(15-6-8-17(22)9-7-15)25(21)12-10-18(26)27-3/h4-14H,1-3H3/b12-10+. The van der Waals surface area contributed by atoms with Gasteiger partial charge in [0.15, 0.2) is 0 Å². The zero-order chi connectivity index (χ0) is 19.4. The Labute approximate surface area is 157 Å². The van der Waals surface area contributed by atoms with Gasteiger partial charge in [0, 0.05) is 41.7 Å². The van der Waals surface area contributed by atoms with Crippen LogP contribution < -0.4 is 0 Å². The van der Waals surface area contributed by atoms with Crippen molar-refractivity contribution in [1.29, 1.82) is 0 Å². The van der Waals surface area contributed by atoms with Crippen molar-refractivity contribution in [3.63, 3.8) is 0 Å². The lowest BCUT2D eigenvalue weighted by atomic mass is 10.1. The van der Waals surface area contributed by atoms with Crippen molar-refractivity contribution in [3.05, 3.63) is 66.5 Å². The summed E-state index contributed by atoms with van der Waals surface area (Å²) in [6.45, 7) is 4.04. The molecule has 0 saturated heterocycles. The van der Waals surface area contributed by atoms with Crippen molar-refractivity contribution in [3.8, 4) is 22.5 Å². The topological polar surface area (TPSA) is 57.0 Å². The first-order valence-corrected chi connectivity index (χ1v) is 8.56. The first kappa shape index (κ1) is 18.5. The number of carbonyl (C=O) groups excluding carboxylic acids is 1. The molecule has 0 aliphatic heterocycles. The zero-order valence-electron chi connectivity index (χ0n) is 15.4. The van der Waals surface area contributed by atoms with Gasteiger partial charge >= 0.3 is 5.97 Å². The van der Waals surface area contributed by atoms with Gasteiger partial charge < -0.3 is 9.30 Å². The van der Waals surface area contributed by atoms with E-state index in [0.717, 1.165) is 22.6 Å². The Kier molecular flexibility index (Phi) is 5.45. The summed E-state index contributed by atoms with van der Waals surface area (Å²) in [7, 11) is 1.33. The van der Waals surface area contributed by atoms with Gasteiger partial charge in [-0.25, -0.2) is 14.2 Å². The van der Waals surface area contributed by atoms with Gasteiger partial charge in [-0.15, -0.1) is 0 Å². The number of halogens is 1. The Hall–Kier alpha value is -3.28. The highest BCUT2D eigenvalue weighted by molar-refractivity contribution is 5.87. The third-order valence-electron chi connectivity index (χ3n) is 4.07. The van der Waals surface area contributed by atoms with Crippen molar-refractivity contribution < 1.29 is 13.9 Å². The first-order chi connectivity index (χ1) is 13.0. The van der Waals surface area contributed by atoms with Gasteiger partial charge in [-0.3, -0.25) is 4.98 Å². The fourth-order valence-electron chi connectivity index (χ4n) is 2.80. The molecule has 27 heavy (non-hydrogen) atoms. The largest absolute Gasteiger partial charge is 0.466 e. The van der Waals surface area contributed by atoms with Gasteiger partial charge in [-0.1, -0.05) is 13.8 Å². The number of imidazole rings is 1. The maximum absolute atomic E-state index is 13.5. The summed E-state index contributed by atoms with van der Waals surface area (Å²) in [4.78, 5) is 20.6. The van der Waals surface area contributed by atoms with Crippen LogP contribution in [0.2, 0.25) is 0 Å². The number of carbonyl (C=O) groups is 1. The number of esters is 1. The summed E-state index contributed by atoms with van der Waals surface area (Å²) in [5, 5.41) is 0. The molecule has 0 saturated carbocycles. The molecule has 6 heteroatoms. The van der Waals surface area contributed by atoms with E-state index in [1.54, 1.807) is 30.7 Å². The van der Waals surface area contributed by atoms with Crippen LogP contribution in [0, 0.1) is 5.82 Å². The molecular formula is C21H20FN3O2. The second-order valence-corrected chi connectivity index (χ2v) is 6.28. The Bertz CT molecular complexity index is 961. The number of benzene rings is 1. The van der Waals surface area contributed by atoms with Crippen molar-refractivity contribution >= 4 is 12.2 Å². The van der Waals surface area contributed by atoms with Crippen LogP contribution in [0.4, 0.5) is 4.39 Å². The Morgan fingerprint density at radius 2 is 1.93 bits per heavy atom. The van der Waals surface area contributed by atoms with E-state index in [0.29, 0.717) is 5.69 Å². The minimum Gasteiger partial charge on any atom is -0.466 e. The van der Waals surface area contributed by atoms with E-state index in [1.165, 1.54) is 25.3 Å². The van der Waals surface area contributed by atoms with Gasteiger partial charge in [0.25, 0.3) is 0 Å². The van der Waals surface area contributed by atoms with E-state index in [9.17, 15) is 9.18 Å². The van der Waals surface area contributed by atoms with Crippen LogP contribution in [0.5, 0.6) is 0 Å². The van der Waals surface area contributed by atoms with Crippen molar-refractivity contribution in [2.75, 3.05) is 7.11 Å². The summed E-state index contributed by atoms with van der Waals surface area (Å²) < 4.78 is 20.0. The molecule has 0 radical (unpaired) electrons. The monoisotopic (exact) mass is 365 g/mol.